The summed E-state index contributed by atoms with van der Waals surface area (Å²) in [7, 11) is -16.8. The normalized spacial score (nSPS) is 18.3. The van der Waals surface area contributed by atoms with Crippen LogP contribution in [0.2, 0.25) is 0 Å². The van der Waals surface area contributed by atoms with E-state index in [-0.39, 0.29) is 63.9 Å². The van der Waals surface area contributed by atoms with Crippen LogP contribution in [0.5, 0.6) is 5.75 Å². The van der Waals surface area contributed by atoms with Gasteiger partial charge in [-0.2, -0.15) is 8.62 Å². The summed E-state index contributed by atoms with van der Waals surface area (Å²) in [6.07, 6.45) is -0.918. The molecule has 2 aliphatic heterocycles. The number of aliphatic hydroxyl groups is 1. The average molecular weight is 1010 g/mol. The summed E-state index contributed by atoms with van der Waals surface area (Å²) in [6, 6.07) is 19.5. The number of phenolic OH excluding ortho intramolecular Hbond substituents is 1. The fourth-order valence-electron chi connectivity index (χ4n) is 7.42. The van der Waals surface area contributed by atoms with Gasteiger partial charge in [0.15, 0.2) is 22.4 Å². The lowest BCUT2D eigenvalue weighted by molar-refractivity contribution is -0.0423. The SMILES string of the molecule is CC(Nc1ncnc2c1ncn2[C@H]1C[C@@H](O)[C@@H](COP(=O)(O)OP(=O)(O)OP(=O)(O)O)O1)c1ccc(C#CCNC(=O)c2ccc(C(=O)O)c(-c3c4ccc(=O)cc-4oc4cc(O)ccc34)c2)cc1. The molecule has 3 unspecified atom stereocenters. The first-order valence-electron chi connectivity index (χ1n) is 20.1. The van der Waals surface area contributed by atoms with Gasteiger partial charge >= 0.3 is 29.4 Å². The van der Waals surface area contributed by atoms with Crippen LogP contribution in [0.4, 0.5) is 5.82 Å². The summed E-state index contributed by atoms with van der Waals surface area (Å²) in [5.74, 6) is 4.53. The number of fused-ring (bicyclic) bond motifs is 3. The molecule has 0 spiro atoms. The van der Waals surface area contributed by atoms with Crippen LogP contribution in [-0.2, 0) is 31.6 Å². The number of amides is 1. The van der Waals surface area contributed by atoms with Gasteiger partial charge in [-0.15, -0.1) is 0 Å². The fourth-order valence-corrected chi connectivity index (χ4v) is 10.4. The van der Waals surface area contributed by atoms with Crippen molar-refractivity contribution in [1.82, 2.24) is 24.8 Å². The van der Waals surface area contributed by atoms with Crippen molar-refractivity contribution in [2.45, 2.75) is 37.8 Å². The molecule has 3 aromatic carbocycles. The van der Waals surface area contributed by atoms with E-state index in [2.05, 4.69) is 50.6 Å². The third-order valence-electron chi connectivity index (χ3n) is 10.5. The molecule has 0 radical (unpaired) electrons. The molecule has 69 heavy (non-hydrogen) atoms. The van der Waals surface area contributed by atoms with E-state index in [1.54, 1.807) is 18.2 Å². The molecule has 4 heterocycles. The zero-order valence-corrected chi connectivity index (χ0v) is 38.0. The Labute approximate surface area is 388 Å². The largest absolute Gasteiger partial charge is 0.508 e. The number of aliphatic hydroxyl groups excluding tert-OH is 1. The lowest BCUT2D eigenvalue weighted by atomic mass is 9.89. The van der Waals surface area contributed by atoms with Gasteiger partial charge in [0.2, 0.25) is 0 Å². The molecular formula is C42H37N6O18P3. The number of carbonyl (C=O) groups is 2. The minimum absolute atomic E-state index is 0.0555. The van der Waals surface area contributed by atoms with E-state index >= 15 is 0 Å². The van der Waals surface area contributed by atoms with E-state index in [0.29, 0.717) is 33.4 Å². The number of benzene rings is 4. The zero-order chi connectivity index (χ0) is 49.4. The van der Waals surface area contributed by atoms with E-state index in [4.69, 9.17) is 18.9 Å². The molecule has 0 bridgehead atoms. The van der Waals surface area contributed by atoms with Gasteiger partial charge in [-0.3, -0.25) is 18.7 Å². The van der Waals surface area contributed by atoms with Gasteiger partial charge in [-0.1, -0.05) is 24.0 Å². The molecule has 0 saturated carbocycles. The highest BCUT2D eigenvalue weighted by Crippen LogP contribution is 2.66. The number of aromatic hydroxyl groups is 1. The van der Waals surface area contributed by atoms with Crippen molar-refractivity contribution < 1.29 is 80.5 Å². The fraction of sp³-hybridized carbons (Fsp3) is 0.190. The van der Waals surface area contributed by atoms with Crippen LogP contribution >= 0.6 is 23.5 Å². The van der Waals surface area contributed by atoms with Crippen molar-refractivity contribution >= 4 is 63.3 Å². The minimum Gasteiger partial charge on any atom is -0.508 e. The van der Waals surface area contributed by atoms with Gasteiger partial charge < -0.3 is 54.7 Å². The van der Waals surface area contributed by atoms with Crippen molar-refractivity contribution in [2.24, 2.45) is 0 Å². The lowest BCUT2D eigenvalue weighted by Crippen LogP contribution is -2.26. The number of carboxylic acids is 1. The van der Waals surface area contributed by atoms with Crippen molar-refractivity contribution in [3.05, 3.63) is 124 Å². The summed E-state index contributed by atoms with van der Waals surface area (Å²) in [5.41, 5.74) is 2.99. The Hall–Kier alpha value is -6.67. The highest BCUT2D eigenvalue weighted by atomic mass is 31.3. The van der Waals surface area contributed by atoms with Crippen LogP contribution < -0.4 is 16.1 Å². The number of anilines is 1. The maximum atomic E-state index is 13.4. The molecule has 2 aromatic heterocycles. The maximum absolute atomic E-state index is 13.4. The molecular weight excluding hydrogens is 969 g/mol. The van der Waals surface area contributed by atoms with Crippen molar-refractivity contribution in [3.8, 4) is 40.0 Å². The van der Waals surface area contributed by atoms with Crippen molar-refractivity contribution in [3.63, 3.8) is 0 Å². The van der Waals surface area contributed by atoms with Gasteiger partial charge in [0.05, 0.1) is 37.2 Å². The van der Waals surface area contributed by atoms with Gasteiger partial charge in [-0.25, -0.2) is 33.4 Å². The number of nitrogens with one attached hydrogen (secondary N) is 2. The van der Waals surface area contributed by atoms with E-state index in [0.717, 1.165) is 5.56 Å². The molecule has 24 nitrogen and oxygen atoms in total. The molecule has 9 N–H and O–H groups in total. The van der Waals surface area contributed by atoms with Crippen LogP contribution in [0.15, 0.2) is 101 Å². The molecule has 1 amide bonds. The standard InChI is InChI=1S/C42H37N6O18P3/c1-22(47-39-38-40(45-20-44-39)48(21-46-38)36-18-32(51)35(64-36)19-62-68(58,59)66-69(60,61)65-67(55,56)57)24-6-4-23(5-7-24)3-2-14-43-41(52)25-8-11-28(42(53)54)31(15-25)37-29-12-9-26(49)16-33(29)63-34-17-27(50)10-13-30(34)37/h4-13,15-17,20-22,32,35-36,49,51H,14,18-19H2,1H3,(H,43,52)(H,53,54)(H,58,59)(H,60,61)(H,44,45,47)(H2,55,56,57)/t22?,32-,35-,36-/m1/s1. The lowest BCUT2D eigenvalue weighted by Gasteiger charge is -2.19. The first kappa shape index (κ1) is 48.8. The minimum atomic E-state index is -5.74. The van der Waals surface area contributed by atoms with E-state index in [1.165, 1.54) is 65.8 Å². The number of rotatable bonds is 15. The summed E-state index contributed by atoms with van der Waals surface area (Å²) in [5, 5.41) is 37.3. The Morgan fingerprint density at radius 3 is 2.43 bits per heavy atom. The predicted molar refractivity (Wildman–Crippen MR) is 241 cm³/mol. The van der Waals surface area contributed by atoms with E-state index in [1.807, 2.05) is 19.1 Å². The summed E-state index contributed by atoms with van der Waals surface area (Å²) in [6.45, 7) is 0.965. The molecule has 1 fully saturated rings. The maximum Gasteiger partial charge on any atom is 0.490 e. The quantitative estimate of drug-likeness (QED) is 0.0368. The first-order chi connectivity index (χ1) is 32.6. The van der Waals surface area contributed by atoms with Crippen LogP contribution in [0.3, 0.4) is 0 Å². The second-order valence-electron chi connectivity index (χ2n) is 15.2. The van der Waals surface area contributed by atoms with Crippen LogP contribution in [0.1, 0.15) is 57.5 Å². The average Bonchev–Trinajstić information content (AvgIpc) is 3.88. The third-order valence-corrected chi connectivity index (χ3v) is 14.3. The number of ether oxygens (including phenoxy) is 1. The number of carbonyl (C=O) groups excluding carboxylic acids is 1. The highest BCUT2D eigenvalue weighted by Gasteiger charge is 2.43. The first-order valence-corrected chi connectivity index (χ1v) is 24.7. The smallest absolute Gasteiger partial charge is 0.490 e. The van der Waals surface area contributed by atoms with Crippen LogP contribution in [0.25, 0.3) is 44.6 Å². The van der Waals surface area contributed by atoms with E-state index in [9.17, 15) is 53.2 Å². The third kappa shape index (κ3) is 11.3. The number of aromatic nitrogens is 4. The highest BCUT2D eigenvalue weighted by molar-refractivity contribution is 7.66. The molecule has 27 heteroatoms. The molecule has 3 aliphatic rings. The van der Waals surface area contributed by atoms with Crippen LogP contribution in [0, 0.1) is 11.8 Å². The number of hydrogen-bond donors (Lipinski definition) is 9. The Balaban J connectivity index is 0.893. The van der Waals surface area contributed by atoms with Crippen molar-refractivity contribution in [2.75, 3.05) is 18.5 Å². The number of phenols is 1. The molecule has 1 saturated heterocycles. The number of nitrogens with zero attached hydrogens (tertiary/aromatic N) is 4. The Kier molecular flexibility index (Phi) is 13.7. The Morgan fingerprint density at radius 1 is 0.928 bits per heavy atom. The number of carboxylic acid groups (broad SMARTS) is 1. The number of aromatic carboxylic acids is 1. The molecule has 6 atom stereocenters. The van der Waals surface area contributed by atoms with Crippen LogP contribution in [-0.4, -0.2) is 91.6 Å². The monoisotopic (exact) mass is 1010 g/mol. The molecule has 1 aliphatic carbocycles. The van der Waals surface area contributed by atoms with Gasteiger partial charge in [0.25, 0.3) is 5.91 Å². The van der Waals surface area contributed by atoms with E-state index < -0.39 is 60.4 Å². The summed E-state index contributed by atoms with van der Waals surface area (Å²) < 4.78 is 59.9. The topological polar surface area (TPSA) is 362 Å². The van der Waals surface area contributed by atoms with Gasteiger partial charge in [-0.05, 0) is 72.6 Å². The zero-order valence-electron chi connectivity index (χ0n) is 35.3. The number of phosphoric ester groups is 1. The summed E-state index contributed by atoms with van der Waals surface area (Å²) >= 11 is 0. The molecule has 5 aromatic rings. The Morgan fingerprint density at radius 2 is 1.70 bits per heavy atom. The second kappa shape index (κ2) is 19.4. The molecule has 358 valence electrons. The molecule has 8 rings (SSSR count). The number of phosphoric acid groups is 3. The summed E-state index contributed by atoms with van der Waals surface area (Å²) in [4.78, 5) is 87.6. The van der Waals surface area contributed by atoms with Gasteiger partial charge in [0, 0.05) is 46.2 Å². The second-order valence-corrected chi connectivity index (χ2v) is 19.6. The van der Waals surface area contributed by atoms with Gasteiger partial charge in [0.1, 0.15) is 35.8 Å². The Bertz CT molecular complexity index is 3390. The number of hydrogen-bond acceptors (Lipinski definition) is 17. The predicted octanol–water partition coefficient (Wildman–Crippen LogP) is 5.05. The van der Waals surface area contributed by atoms with Crippen molar-refractivity contribution in [1.29, 1.82) is 0 Å². The number of imidazole rings is 1.